The normalized spacial score (nSPS) is 12.9. The first-order valence-corrected chi connectivity index (χ1v) is 6.10. The van der Waals surface area contributed by atoms with Gasteiger partial charge in [0.25, 0.3) is 0 Å². The minimum atomic E-state index is -0.0753. The maximum absolute atomic E-state index is 11.8. The molecule has 15 heavy (non-hydrogen) atoms. The molecule has 0 bridgehead atoms. The lowest BCUT2D eigenvalue weighted by Gasteiger charge is -2.19. The van der Waals surface area contributed by atoms with E-state index in [9.17, 15) is 4.79 Å². The molecule has 0 aliphatic rings. The van der Waals surface area contributed by atoms with Gasteiger partial charge in [-0.15, -0.1) is 0 Å². The third-order valence-electron chi connectivity index (χ3n) is 2.70. The van der Waals surface area contributed by atoms with E-state index >= 15 is 0 Å². The van der Waals surface area contributed by atoms with Crippen LogP contribution in [0.1, 0.15) is 52.9 Å². The van der Waals surface area contributed by atoms with E-state index in [2.05, 4.69) is 19.2 Å². The second kappa shape index (κ2) is 8.72. The quantitative estimate of drug-likeness (QED) is 0.651. The molecule has 0 aromatic rings. The minimum absolute atomic E-state index is 0.0349. The third kappa shape index (κ3) is 5.78. The fourth-order valence-corrected chi connectivity index (χ4v) is 1.70. The zero-order valence-corrected chi connectivity index (χ0v) is 10.3. The molecular weight excluding hydrogens is 190 g/mol. The molecule has 3 heteroatoms. The Morgan fingerprint density at radius 1 is 1.20 bits per heavy atom. The molecule has 0 aliphatic heterocycles. The Labute approximate surface area is 93.3 Å². The van der Waals surface area contributed by atoms with Crippen LogP contribution in [0.4, 0.5) is 0 Å². The van der Waals surface area contributed by atoms with Gasteiger partial charge in [0.1, 0.15) is 0 Å². The van der Waals surface area contributed by atoms with Crippen LogP contribution < -0.4 is 5.32 Å². The van der Waals surface area contributed by atoms with Crippen molar-refractivity contribution in [2.75, 3.05) is 6.61 Å². The molecule has 1 atom stereocenters. The number of rotatable bonds is 8. The molecule has 0 saturated heterocycles. The summed E-state index contributed by atoms with van der Waals surface area (Å²) in [6, 6.07) is -0.0753. The summed E-state index contributed by atoms with van der Waals surface area (Å²) in [5.41, 5.74) is 0. The van der Waals surface area contributed by atoms with Gasteiger partial charge >= 0.3 is 0 Å². The molecule has 2 N–H and O–H groups in total. The van der Waals surface area contributed by atoms with Crippen molar-refractivity contribution < 1.29 is 9.90 Å². The first-order chi connectivity index (χ1) is 7.19. The number of carbonyl (C=O) groups excluding carboxylic acids is 1. The third-order valence-corrected chi connectivity index (χ3v) is 2.70. The van der Waals surface area contributed by atoms with E-state index < -0.39 is 0 Å². The van der Waals surface area contributed by atoms with Gasteiger partial charge in [0.05, 0.1) is 12.6 Å². The van der Waals surface area contributed by atoms with E-state index in [1.54, 1.807) is 0 Å². The molecule has 3 nitrogen and oxygen atoms in total. The van der Waals surface area contributed by atoms with Crippen LogP contribution in [0.3, 0.4) is 0 Å². The number of amides is 1. The molecule has 90 valence electrons. The Morgan fingerprint density at radius 2 is 1.73 bits per heavy atom. The fourth-order valence-electron chi connectivity index (χ4n) is 1.70. The summed E-state index contributed by atoms with van der Waals surface area (Å²) in [4.78, 5) is 11.8. The Balaban J connectivity index is 4.10. The van der Waals surface area contributed by atoms with Crippen LogP contribution in [-0.2, 0) is 4.79 Å². The van der Waals surface area contributed by atoms with Gasteiger partial charge in [-0.25, -0.2) is 0 Å². The van der Waals surface area contributed by atoms with E-state index in [-0.39, 0.29) is 24.5 Å². The highest BCUT2D eigenvalue weighted by Gasteiger charge is 2.18. The maximum Gasteiger partial charge on any atom is 0.223 e. The summed E-state index contributed by atoms with van der Waals surface area (Å²) < 4.78 is 0. The predicted octanol–water partition coefficient (Wildman–Crippen LogP) is 2.09. The smallest absolute Gasteiger partial charge is 0.223 e. The van der Waals surface area contributed by atoms with Crippen LogP contribution in [0.2, 0.25) is 0 Å². The SMILES string of the molecule is CCCC(CCC)C(=O)N[C@H](CC)CO. The highest BCUT2D eigenvalue weighted by molar-refractivity contribution is 5.78. The second-order valence-electron chi connectivity index (χ2n) is 4.07. The van der Waals surface area contributed by atoms with Crippen molar-refractivity contribution in [3.63, 3.8) is 0 Å². The van der Waals surface area contributed by atoms with Crippen LogP contribution in [0.5, 0.6) is 0 Å². The van der Waals surface area contributed by atoms with Crippen molar-refractivity contribution in [2.24, 2.45) is 5.92 Å². The predicted molar refractivity (Wildman–Crippen MR) is 62.6 cm³/mol. The molecule has 0 radical (unpaired) electrons. The lowest BCUT2D eigenvalue weighted by Crippen LogP contribution is -2.40. The Hall–Kier alpha value is -0.570. The topological polar surface area (TPSA) is 49.3 Å². The van der Waals surface area contributed by atoms with E-state index in [1.807, 2.05) is 6.92 Å². The molecule has 1 amide bonds. The van der Waals surface area contributed by atoms with Crippen LogP contribution in [0.15, 0.2) is 0 Å². The summed E-state index contributed by atoms with van der Waals surface area (Å²) in [7, 11) is 0. The number of aliphatic hydroxyl groups is 1. The molecule has 0 saturated carbocycles. The summed E-state index contributed by atoms with van der Waals surface area (Å²) >= 11 is 0. The number of carbonyl (C=O) groups is 1. The minimum Gasteiger partial charge on any atom is -0.394 e. The standard InChI is InChI=1S/C12H25NO2/c1-4-7-10(8-5-2)12(15)13-11(6-3)9-14/h10-11,14H,4-9H2,1-3H3,(H,13,15)/t11-/m1/s1. The van der Waals surface area contributed by atoms with E-state index in [1.165, 1.54) is 0 Å². The highest BCUT2D eigenvalue weighted by Crippen LogP contribution is 2.13. The lowest BCUT2D eigenvalue weighted by atomic mass is 9.97. The van der Waals surface area contributed by atoms with E-state index in [4.69, 9.17) is 5.11 Å². The molecule has 0 aliphatic carbocycles. The number of aliphatic hydroxyl groups excluding tert-OH is 1. The average molecular weight is 215 g/mol. The second-order valence-corrected chi connectivity index (χ2v) is 4.07. The van der Waals surface area contributed by atoms with Gasteiger partial charge in [-0.05, 0) is 19.3 Å². The molecule has 0 unspecified atom stereocenters. The van der Waals surface area contributed by atoms with Crippen LogP contribution in [0, 0.1) is 5.92 Å². The first-order valence-electron chi connectivity index (χ1n) is 6.10. The zero-order chi connectivity index (χ0) is 11.7. The Bertz CT molecular complexity index is 161. The first kappa shape index (κ1) is 14.4. The fraction of sp³-hybridized carbons (Fsp3) is 0.917. The molecule has 0 fully saturated rings. The van der Waals surface area contributed by atoms with Gasteiger partial charge in [-0.3, -0.25) is 4.79 Å². The summed E-state index contributed by atoms with van der Waals surface area (Å²) in [5.74, 6) is 0.236. The largest absolute Gasteiger partial charge is 0.394 e. The molecule has 0 spiro atoms. The zero-order valence-electron chi connectivity index (χ0n) is 10.3. The Morgan fingerprint density at radius 3 is 2.07 bits per heavy atom. The van der Waals surface area contributed by atoms with Crippen molar-refractivity contribution in [3.8, 4) is 0 Å². The van der Waals surface area contributed by atoms with Gasteiger partial charge in [0, 0.05) is 5.92 Å². The van der Waals surface area contributed by atoms with Crippen molar-refractivity contribution in [1.29, 1.82) is 0 Å². The summed E-state index contributed by atoms with van der Waals surface area (Å²) in [6.07, 6.45) is 4.75. The van der Waals surface area contributed by atoms with E-state index in [0.717, 1.165) is 32.1 Å². The monoisotopic (exact) mass is 215 g/mol. The molecule has 0 aromatic heterocycles. The average Bonchev–Trinajstić information content (AvgIpc) is 2.25. The van der Waals surface area contributed by atoms with E-state index in [0.29, 0.717) is 0 Å². The molecule has 0 rings (SSSR count). The van der Waals surface area contributed by atoms with Gasteiger partial charge in [0.2, 0.25) is 5.91 Å². The molecule has 0 heterocycles. The van der Waals surface area contributed by atoms with Gasteiger partial charge in [-0.1, -0.05) is 33.6 Å². The van der Waals surface area contributed by atoms with Crippen LogP contribution in [0.25, 0.3) is 0 Å². The van der Waals surface area contributed by atoms with Crippen LogP contribution >= 0.6 is 0 Å². The molecular formula is C12H25NO2. The number of hydrogen-bond donors (Lipinski definition) is 2. The highest BCUT2D eigenvalue weighted by atomic mass is 16.3. The number of hydrogen-bond acceptors (Lipinski definition) is 2. The van der Waals surface area contributed by atoms with Gasteiger partial charge < -0.3 is 10.4 Å². The lowest BCUT2D eigenvalue weighted by molar-refractivity contribution is -0.126. The van der Waals surface area contributed by atoms with Crippen LogP contribution in [-0.4, -0.2) is 23.7 Å². The maximum atomic E-state index is 11.8. The number of nitrogens with one attached hydrogen (secondary N) is 1. The van der Waals surface area contributed by atoms with Gasteiger partial charge in [0.15, 0.2) is 0 Å². The Kier molecular flexibility index (Phi) is 8.38. The van der Waals surface area contributed by atoms with Crippen molar-refractivity contribution in [2.45, 2.75) is 58.9 Å². The van der Waals surface area contributed by atoms with Crippen molar-refractivity contribution in [3.05, 3.63) is 0 Å². The van der Waals surface area contributed by atoms with Gasteiger partial charge in [-0.2, -0.15) is 0 Å². The van der Waals surface area contributed by atoms with Crippen molar-refractivity contribution >= 4 is 5.91 Å². The summed E-state index contributed by atoms with van der Waals surface area (Å²) in [6.45, 7) is 6.20. The van der Waals surface area contributed by atoms with Crippen molar-refractivity contribution in [1.82, 2.24) is 5.32 Å². The molecule has 0 aromatic carbocycles. The summed E-state index contributed by atoms with van der Waals surface area (Å²) in [5, 5.41) is 11.9.